The van der Waals surface area contributed by atoms with Gasteiger partial charge in [-0.2, -0.15) is 0 Å². The Morgan fingerprint density at radius 3 is 2.27 bits per heavy atom. The standard InChI is InChI=1S/C20H13NO3S2/c1-2-23-24-21-19(22)18(26-20(21)25)12-17-15-9-5-3-7-13(15)11-14-8-4-6-10-16(14)17/h2-12H,1H2/b18-12+. The van der Waals surface area contributed by atoms with Crippen molar-refractivity contribution in [3.8, 4) is 0 Å². The lowest BCUT2D eigenvalue weighted by Gasteiger charge is -2.10. The van der Waals surface area contributed by atoms with Crippen LogP contribution in [-0.4, -0.2) is 15.3 Å². The molecule has 6 heteroatoms. The van der Waals surface area contributed by atoms with Gasteiger partial charge in [0.2, 0.25) is 0 Å². The van der Waals surface area contributed by atoms with Crippen LogP contribution in [0.25, 0.3) is 27.6 Å². The van der Waals surface area contributed by atoms with Gasteiger partial charge in [-0.1, -0.05) is 71.9 Å². The van der Waals surface area contributed by atoms with Gasteiger partial charge in [-0.05, 0) is 51.5 Å². The van der Waals surface area contributed by atoms with Crippen molar-refractivity contribution < 1.29 is 14.7 Å². The Morgan fingerprint density at radius 1 is 1.04 bits per heavy atom. The summed E-state index contributed by atoms with van der Waals surface area (Å²) < 4.78 is 0.271. The fraction of sp³-hybridized carbons (Fsp3) is 0. The van der Waals surface area contributed by atoms with E-state index >= 15 is 0 Å². The van der Waals surface area contributed by atoms with E-state index in [1.54, 1.807) is 0 Å². The van der Waals surface area contributed by atoms with Crippen LogP contribution in [-0.2, 0) is 14.7 Å². The zero-order valence-corrected chi connectivity index (χ0v) is 15.2. The van der Waals surface area contributed by atoms with Crippen LogP contribution < -0.4 is 0 Å². The molecule has 3 aromatic rings. The zero-order chi connectivity index (χ0) is 18.1. The minimum Gasteiger partial charge on any atom is -0.322 e. The zero-order valence-electron chi connectivity index (χ0n) is 13.5. The first-order valence-electron chi connectivity index (χ1n) is 7.82. The van der Waals surface area contributed by atoms with Crippen molar-refractivity contribution in [2.75, 3.05) is 0 Å². The summed E-state index contributed by atoms with van der Waals surface area (Å²) in [6.07, 6.45) is 2.95. The Bertz CT molecular complexity index is 1040. The maximum atomic E-state index is 12.6. The second kappa shape index (κ2) is 6.92. The van der Waals surface area contributed by atoms with Crippen LogP contribution in [0.1, 0.15) is 5.56 Å². The molecule has 1 aliphatic heterocycles. The number of thiocarbonyl (C=S) groups is 1. The van der Waals surface area contributed by atoms with Crippen LogP contribution in [0.2, 0.25) is 0 Å². The number of fused-ring (bicyclic) bond motifs is 2. The number of hydroxylamine groups is 2. The van der Waals surface area contributed by atoms with E-state index in [4.69, 9.17) is 17.2 Å². The predicted octanol–water partition coefficient (Wildman–Crippen LogP) is 5.20. The number of benzene rings is 3. The lowest BCUT2D eigenvalue weighted by atomic mass is 9.96. The third-order valence-electron chi connectivity index (χ3n) is 4.03. The predicted molar refractivity (Wildman–Crippen MR) is 109 cm³/mol. The molecule has 128 valence electrons. The van der Waals surface area contributed by atoms with E-state index in [0.717, 1.165) is 38.4 Å². The normalized spacial score (nSPS) is 16.0. The number of hydrogen-bond donors (Lipinski definition) is 0. The number of carbonyl (C=O) groups excluding carboxylic acids is 1. The summed E-state index contributed by atoms with van der Waals surface area (Å²) in [6.45, 7) is 3.38. The van der Waals surface area contributed by atoms with Crippen LogP contribution in [0, 0.1) is 0 Å². The molecule has 0 aliphatic carbocycles. The first kappa shape index (κ1) is 16.8. The molecule has 1 saturated heterocycles. The summed E-state index contributed by atoms with van der Waals surface area (Å²) in [5.74, 6) is -0.362. The molecule has 0 atom stereocenters. The van der Waals surface area contributed by atoms with E-state index in [2.05, 4.69) is 29.7 Å². The Hall–Kier alpha value is -2.67. The molecule has 0 N–H and O–H groups in total. The average molecular weight is 379 g/mol. The highest BCUT2D eigenvalue weighted by atomic mass is 32.2. The molecule has 1 amide bonds. The van der Waals surface area contributed by atoms with Crippen molar-refractivity contribution in [1.82, 2.24) is 5.06 Å². The second-order valence-electron chi connectivity index (χ2n) is 5.55. The molecule has 1 heterocycles. The van der Waals surface area contributed by atoms with Gasteiger partial charge in [0.15, 0.2) is 4.32 Å². The molecule has 0 aromatic heterocycles. The van der Waals surface area contributed by atoms with Crippen molar-refractivity contribution >= 4 is 61.8 Å². The van der Waals surface area contributed by atoms with Gasteiger partial charge in [0.05, 0.1) is 4.91 Å². The molecule has 1 aliphatic rings. The molecule has 0 unspecified atom stereocenters. The second-order valence-corrected chi connectivity index (χ2v) is 7.22. The van der Waals surface area contributed by atoms with Gasteiger partial charge in [-0.15, -0.1) is 5.06 Å². The topological polar surface area (TPSA) is 38.8 Å². The van der Waals surface area contributed by atoms with E-state index in [1.807, 2.05) is 42.5 Å². The quantitative estimate of drug-likeness (QED) is 0.156. The van der Waals surface area contributed by atoms with Gasteiger partial charge in [0, 0.05) is 0 Å². The number of carbonyl (C=O) groups is 1. The van der Waals surface area contributed by atoms with E-state index in [0.29, 0.717) is 4.91 Å². The third kappa shape index (κ3) is 2.88. The van der Waals surface area contributed by atoms with Gasteiger partial charge in [-0.3, -0.25) is 4.79 Å². The van der Waals surface area contributed by atoms with Gasteiger partial charge in [0.25, 0.3) is 5.91 Å². The van der Waals surface area contributed by atoms with E-state index in [-0.39, 0.29) is 10.2 Å². The molecule has 1 fully saturated rings. The fourth-order valence-corrected chi connectivity index (χ4v) is 4.04. The summed E-state index contributed by atoms with van der Waals surface area (Å²) in [6, 6.07) is 18.3. The molecule has 4 nitrogen and oxygen atoms in total. The molecular formula is C20H13NO3S2. The third-order valence-corrected chi connectivity index (χ3v) is 5.30. The molecule has 3 aromatic carbocycles. The van der Waals surface area contributed by atoms with E-state index < -0.39 is 0 Å². The van der Waals surface area contributed by atoms with Gasteiger partial charge in [-0.25, -0.2) is 0 Å². The van der Waals surface area contributed by atoms with Gasteiger partial charge >= 0.3 is 0 Å². The summed E-state index contributed by atoms with van der Waals surface area (Å²) in [5.41, 5.74) is 0.976. The largest absolute Gasteiger partial charge is 0.322 e. The summed E-state index contributed by atoms with van der Waals surface area (Å²) in [5, 5.41) is 5.30. The van der Waals surface area contributed by atoms with Crippen molar-refractivity contribution in [2.45, 2.75) is 0 Å². The summed E-state index contributed by atoms with van der Waals surface area (Å²) in [7, 11) is 0. The van der Waals surface area contributed by atoms with E-state index in [1.165, 1.54) is 11.8 Å². The lowest BCUT2D eigenvalue weighted by Crippen LogP contribution is -2.27. The van der Waals surface area contributed by atoms with Crippen LogP contribution in [0.3, 0.4) is 0 Å². The van der Waals surface area contributed by atoms with Crippen molar-refractivity contribution in [2.24, 2.45) is 0 Å². The first-order chi connectivity index (χ1) is 12.7. The van der Waals surface area contributed by atoms with Crippen LogP contribution >= 0.6 is 24.0 Å². The molecule has 0 spiro atoms. The molecule has 26 heavy (non-hydrogen) atoms. The molecule has 0 saturated carbocycles. The summed E-state index contributed by atoms with van der Waals surface area (Å²) in [4.78, 5) is 22.6. The van der Waals surface area contributed by atoms with Crippen LogP contribution in [0.4, 0.5) is 0 Å². The SMILES string of the molecule is C=COON1C(=O)/C(=C\c2c3ccccc3cc3ccccc23)SC1=S. The first-order valence-corrected chi connectivity index (χ1v) is 9.04. The molecule has 0 radical (unpaired) electrons. The van der Waals surface area contributed by atoms with Crippen LogP contribution in [0.5, 0.6) is 0 Å². The van der Waals surface area contributed by atoms with Crippen molar-refractivity contribution in [3.05, 3.63) is 77.9 Å². The highest BCUT2D eigenvalue weighted by Gasteiger charge is 2.34. The van der Waals surface area contributed by atoms with E-state index in [9.17, 15) is 4.79 Å². The van der Waals surface area contributed by atoms with Crippen LogP contribution in [0.15, 0.2) is 72.3 Å². The lowest BCUT2D eigenvalue weighted by molar-refractivity contribution is -0.350. The molecular weight excluding hydrogens is 366 g/mol. The van der Waals surface area contributed by atoms with Gasteiger partial charge in [0.1, 0.15) is 6.26 Å². The molecule has 0 bridgehead atoms. The molecule has 4 rings (SSSR count). The maximum absolute atomic E-state index is 12.6. The minimum absolute atomic E-state index is 0.271. The highest BCUT2D eigenvalue weighted by molar-refractivity contribution is 8.26. The monoisotopic (exact) mass is 379 g/mol. The fourth-order valence-electron chi connectivity index (χ4n) is 2.93. The maximum Gasteiger partial charge on any atom is 0.293 e. The Balaban J connectivity index is 1.88. The van der Waals surface area contributed by atoms with Crippen molar-refractivity contribution in [1.29, 1.82) is 0 Å². The smallest absolute Gasteiger partial charge is 0.293 e. The Kier molecular flexibility index (Phi) is 4.46. The number of rotatable bonds is 4. The van der Waals surface area contributed by atoms with Crippen molar-refractivity contribution in [3.63, 3.8) is 0 Å². The number of thioether (sulfide) groups is 1. The Labute approximate surface area is 159 Å². The highest BCUT2D eigenvalue weighted by Crippen LogP contribution is 2.36. The Morgan fingerprint density at radius 2 is 1.65 bits per heavy atom. The number of nitrogens with zero attached hydrogens (tertiary/aromatic N) is 1. The number of hydrogen-bond acceptors (Lipinski definition) is 5. The average Bonchev–Trinajstić information content (AvgIpc) is 2.93. The minimum atomic E-state index is -0.362. The van der Waals surface area contributed by atoms with Gasteiger partial charge < -0.3 is 4.89 Å². The summed E-state index contributed by atoms with van der Waals surface area (Å²) >= 11 is 6.38. The number of amides is 1.